The van der Waals surface area contributed by atoms with E-state index in [4.69, 9.17) is 4.74 Å². The molecular weight excluding hydrogens is 473 g/mol. The van der Waals surface area contributed by atoms with Gasteiger partial charge in [-0.1, -0.05) is 0 Å². The molecule has 1 heterocycles. The summed E-state index contributed by atoms with van der Waals surface area (Å²) >= 11 is -0.828. The van der Waals surface area contributed by atoms with E-state index in [1.165, 1.54) is 0 Å². The molecular formula is C17H24NO9SSe-. The molecule has 1 fully saturated rings. The van der Waals surface area contributed by atoms with E-state index in [0.717, 1.165) is 18.4 Å². The summed E-state index contributed by atoms with van der Waals surface area (Å²) in [6.07, 6.45) is -3.13. The molecule has 0 radical (unpaired) electrons. The Labute approximate surface area is 175 Å². The molecule has 0 spiro atoms. The summed E-state index contributed by atoms with van der Waals surface area (Å²) in [5, 5.41) is 41.5. The van der Waals surface area contributed by atoms with Gasteiger partial charge in [0.2, 0.25) is 0 Å². The van der Waals surface area contributed by atoms with Crippen molar-refractivity contribution in [1.29, 1.82) is 0 Å². The fourth-order valence-electron chi connectivity index (χ4n) is 2.76. The predicted molar refractivity (Wildman–Crippen MR) is 102 cm³/mol. The maximum absolute atomic E-state index is 10.7. The fraction of sp³-hybridized carbons (Fsp3) is 0.588. The van der Waals surface area contributed by atoms with Crippen LogP contribution in [0.1, 0.15) is 24.8 Å². The van der Waals surface area contributed by atoms with E-state index in [1.807, 2.05) is 30.3 Å². The van der Waals surface area contributed by atoms with Crippen LogP contribution in [0.2, 0.25) is 0 Å². The summed E-state index contributed by atoms with van der Waals surface area (Å²) in [7, 11) is -5.04. The van der Waals surface area contributed by atoms with Crippen molar-refractivity contribution in [2.75, 3.05) is 6.61 Å². The molecule has 10 nitrogen and oxygen atoms in total. The topological polar surface area (TPSA) is 169 Å². The van der Waals surface area contributed by atoms with Gasteiger partial charge in [0, 0.05) is 0 Å². The van der Waals surface area contributed by atoms with E-state index >= 15 is 0 Å². The van der Waals surface area contributed by atoms with E-state index in [1.54, 1.807) is 0 Å². The van der Waals surface area contributed by atoms with E-state index in [2.05, 4.69) is 9.44 Å². The maximum atomic E-state index is 10.7. The molecule has 5 atom stereocenters. The van der Waals surface area contributed by atoms with E-state index < -0.39 is 61.4 Å². The molecule has 0 aliphatic carbocycles. The second-order valence-electron chi connectivity index (χ2n) is 6.48. The van der Waals surface area contributed by atoms with Crippen LogP contribution in [0.3, 0.4) is 0 Å². The van der Waals surface area contributed by atoms with Crippen molar-refractivity contribution in [2.45, 2.75) is 55.1 Å². The Morgan fingerprint density at radius 2 is 1.83 bits per heavy atom. The van der Waals surface area contributed by atoms with Crippen molar-refractivity contribution in [1.82, 2.24) is 0 Å². The monoisotopic (exact) mass is 498 g/mol. The Balaban J connectivity index is 1.99. The van der Waals surface area contributed by atoms with Gasteiger partial charge in [0.05, 0.1) is 0 Å². The minimum absolute atomic E-state index is 0.203. The Bertz CT molecular complexity index is 759. The summed E-state index contributed by atoms with van der Waals surface area (Å²) < 4.78 is 41.8. The molecule has 1 aliphatic rings. The zero-order chi connectivity index (χ0) is 21.4. The van der Waals surface area contributed by atoms with Crippen molar-refractivity contribution < 1.29 is 42.4 Å². The standard InChI is InChI=1S/C17H25NO9SSe/c19-10-12-14(20)15(21)16(22)17(26-12)29-13(18-27-28(23,24)25)9-5-4-8-11-6-2-1-3-7-11/h1-3,6-7,12,14-17,19-22H,4-5,8-10H2,(H,23,24,25)/p-1/b18-13-/t12?,14?,15-,16+,17+/m0/s1. The van der Waals surface area contributed by atoms with E-state index in [-0.39, 0.29) is 11.0 Å². The van der Waals surface area contributed by atoms with Crippen LogP contribution in [0.5, 0.6) is 0 Å². The van der Waals surface area contributed by atoms with Gasteiger partial charge in [-0.15, -0.1) is 0 Å². The van der Waals surface area contributed by atoms with Gasteiger partial charge in [0.25, 0.3) is 0 Å². The first-order valence-electron chi connectivity index (χ1n) is 8.93. The van der Waals surface area contributed by atoms with E-state index in [9.17, 15) is 33.4 Å². The van der Waals surface area contributed by atoms with Crippen LogP contribution in [0.25, 0.3) is 0 Å². The average Bonchev–Trinajstić information content (AvgIpc) is 2.69. The summed E-state index contributed by atoms with van der Waals surface area (Å²) in [5.41, 5.74) is 1.14. The predicted octanol–water partition coefficient (Wildman–Crippen LogP) is -1.31. The van der Waals surface area contributed by atoms with Crippen LogP contribution < -0.4 is 0 Å². The van der Waals surface area contributed by atoms with Crippen LogP contribution in [-0.4, -0.2) is 89.0 Å². The number of oxime groups is 1. The molecule has 2 rings (SSSR count). The number of benzene rings is 1. The van der Waals surface area contributed by atoms with Crippen LogP contribution in [0.4, 0.5) is 0 Å². The number of hydrogen-bond acceptors (Lipinski definition) is 10. The number of aliphatic hydroxyl groups is 4. The summed E-state index contributed by atoms with van der Waals surface area (Å²) in [4.78, 5) is 0. The third-order valence-corrected chi connectivity index (χ3v) is 7.00. The quantitative estimate of drug-likeness (QED) is 0.0766. The molecule has 0 aromatic heterocycles. The SMILES string of the molecule is O=S(=O)([O-])O/N=C(/CCCCc1ccccc1)[Se][C@H]1OC(CO)C(O)[C@H](O)[C@H]1O. The average molecular weight is 497 g/mol. The van der Waals surface area contributed by atoms with Crippen molar-refractivity contribution in [3.63, 3.8) is 0 Å². The Morgan fingerprint density at radius 3 is 2.45 bits per heavy atom. The molecule has 1 aromatic carbocycles. The van der Waals surface area contributed by atoms with Gasteiger partial charge >= 0.3 is 175 Å². The van der Waals surface area contributed by atoms with Crippen LogP contribution in [0.15, 0.2) is 35.5 Å². The fourth-order valence-corrected chi connectivity index (χ4v) is 5.38. The number of rotatable bonds is 10. The van der Waals surface area contributed by atoms with Crippen LogP contribution in [-0.2, 0) is 25.8 Å². The van der Waals surface area contributed by atoms with Crippen molar-refractivity contribution in [3.05, 3.63) is 35.9 Å². The van der Waals surface area contributed by atoms with Gasteiger partial charge in [-0.2, -0.15) is 0 Å². The van der Waals surface area contributed by atoms with Gasteiger partial charge in [0.1, 0.15) is 0 Å². The molecule has 164 valence electrons. The first kappa shape index (κ1) is 24.2. The second kappa shape index (κ2) is 11.3. The van der Waals surface area contributed by atoms with Crippen LogP contribution >= 0.6 is 0 Å². The Hall–Kier alpha value is -1.08. The number of aryl methyl sites for hydroxylation is 1. The first-order chi connectivity index (χ1) is 13.7. The molecule has 0 amide bonds. The Kier molecular flexibility index (Phi) is 9.47. The molecule has 2 unspecified atom stereocenters. The molecule has 12 heteroatoms. The molecule has 0 bridgehead atoms. The number of hydrogen-bond donors (Lipinski definition) is 4. The minimum atomic E-state index is -5.04. The third kappa shape index (κ3) is 7.93. The van der Waals surface area contributed by atoms with Gasteiger partial charge in [0.15, 0.2) is 0 Å². The zero-order valence-corrected chi connectivity index (χ0v) is 17.9. The summed E-state index contributed by atoms with van der Waals surface area (Å²) in [5.74, 6) is 0. The number of ether oxygens (including phenoxy) is 1. The molecule has 0 saturated carbocycles. The molecule has 4 N–H and O–H groups in total. The van der Waals surface area contributed by atoms with Gasteiger partial charge in [-0.05, 0) is 0 Å². The van der Waals surface area contributed by atoms with Crippen molar-refractivity contribution in [2.24, 2.45) is 5.16 Å². The summed E-state index contributed by atoms with van der Waals surface area (Å²) in [6, 6.07) is 9.74. The molecule has 29 heavy (non-hydrogen) atoms. The van der Waals surface area contributed by atoms with Gasteiger partial charge in [-0.3, -0.25) is 0 Å². The van der Waals surface area contributed by atoms with Gasteiger partial charge in [-0.25, -0.2) is 0 Å². The van der Waals surface area contributed by atoms with Crippen molar-refractivity contribution in [3.8, 4) is 0 Å². The number of nitrogens with zero attached hydrogens (tertiary/aromatic N) is 1. The molecule has 1 saturated heterocycles. The zero-order valence-electron chi connectivity index (χ0n) is 15.4. The van der Waals surface area contributed by atoms with Crippen LogP contribution in [0, 0.1) is 0 Å². The summed E-state index contributed by atoms with van der Waals surface area (Å²) in [6.45, 7) is -0.577. The van der Waals surface area contributed by atoms with Gasteiger partial charge < -0.3 is 0 Å². The van der Waals surface area contributed by atoms with E-state index in [0.29, 0.717) is 6.42 Å². The second-order valence-corrected chi connectivity index (χ2v) is 9.90. The normalized spacial score (nSPS) is 28.3. The first-order valence-corrected chi connectivity index (χ1v) is 12.1. The Morgan fingerprint density at radius 1 is 1.14 bits per heavy atom. The number of unbranched alkanes of at least 4 members (excludes halogenated alkanes) is 1. The molecule has 1 aromatic rings. The molecule has 1 aliphatic heterocycles. The third-order valence-electron chi connectivity index (χ3n) is 4.28. The number of aliphatic hydroxyl groups excluding tert-OH is 4. The van der Waals surface area contributed by atoms with Crippen molar-refractivity contribution >= 4 is 30.0 Å².